The van der Waals surface area contributed by atoms with E-state index in [1.165, 1.54) is 5.56 Å². The fourth-order valence-corrected chi connectivity index (χ4v) is 2.03. The molecule has 0 amide bonds. The quantitative estimate of drug-likeness (QED) is 0.876. The second-order valence-corrected chi connectivity index (χ2v) is 5.83. The third kappa shape index (κ3) is 4.94. The molecule has 0 aliphatic heterocycles. The molecule has 1 atom stereocenters. The predicted octanol–water partition coefficient (Wildman–Crippen LogP) is 3.70. The number of rotatable bonds is 6. The Bertz CT molecular complexity index is 523. The minimum atomic E-state index is 0.245. The Kier molecular flexibility index (Phi) is 5.56. The molecule has 4 heteroatoms. The minimum absolute atomic E-state index is 0.245. The second kappa shape index (κ2) is 7.41. The number of nitrogens with two attached hydrogens (primary N) is 1. The lowest BCUT2D eigenvalue weighted by atomic mass is 10.1. The number of nitrogens with zero attached hydrogens (tertiary/aromatic N) is 1. The van der Waals surface area contributed by atoms with Crippen molar-refractivity contribution >= 4 is 15.9 Å². The molecule has 1 unspecified atom stereocenters. The highest BCUT2D eigenvalue weighted by molar-refractivity contribution is 9.10. The van der Waals surface area contributed by atoms with Crippen molar-refractivity contribution in [1.82, 2.24) is 4.98 Å². The van der Waals surface area contributed by atoms with Crippen LogP contribution in [0.15, 0.2) is 47.1 Å². The van der Waals surface area contributed by atoms with E-state index >= 15 is 0 Å². The number of aryl methyl sites for hydroxylation is 1. The van der Waals surface area contributed by atoms with Gasteiger partial charge in [-0.3, -0.25) is 4.98 Å². The normalized spacial score (nSPS) is 12.2. The third-order valence-corrected chi connectivity index (χ3v) is 3.46. The molecule has 2 rings (SSSR count). The van der Waals surface area contributed by atoms with Crippen molar-refractivity contribution in [3.63, 3.8) is 0 Å². The summed E-state index contributed by atoms with van der Waals surface area (Å²) in [7, 11) is 0. The van der Waals surface area contributed by atoms with Crippen molar-refractivity contribution in [2.45, 2.75) is 32.4 Å². The molecule has 0 aliphatic carbocycles. The predicted molar refractivity (Wildman–Crippen MR) is 84.7 cm³/mol. The van der Waals surface area contributed by atoms with Gasteiger partial charge in [-0.15, -0.1) is 0 Å². The monoisotopic (exact) mass is 334 g/mol. The summed E-state index contributed by atoms with van der Waals surface area (Å²) in [6.45, 7) is 2.51. The third-order valence-electron chi connectivity index (χ3n) is 2.99. The molecule has 20 heavy (non-hydrogen) atoms. The van der Waals surface area contributed by atoms with Gasteiger partial charge in [0.15, 0.2) is 0 Å². The molecule has 0 fully saturated rings. The van der Waals surface area contributed by atoms with Gasteiger partial charge in [0.1, 0.15) is 12.4 Å². The lowest BCUT2D eigenvalue weighted by Gasteiger charge is -2.08. The first-order chi connectivity index (χ1) is 9.63. The van der Waals surface area contributed by atoms with Crippen molar-refractivity contribution in [2.75, 3.05) is 0 Å². The number of benzene rings is 1. The zero-order chi connectivity index (χ0) is 14.4. The second-order valence-electron chi connectivity index (χ2n) is 4.92. The van der Waals surface area contributed by atoms with Gasteiger partial charge in [-0.05, 0) is 65.5 Å². The van der Waals surface area contributed by atoms with Crippen LogP contribution >= 0.6 is 15.9 Å². The molecule has 0 spiro atoms. The van der Waals surface area contributed by atoms with Crippen LogP contribution in [0.5, 0.6) is 5.75 Å². The van der Waals surface area contributed by atoms with E-state index in [1.54, 1.807) is 6.20 Å². The topological polar surface area (TPSA) is 48.1 Å². The summed E-state index contributed by atoms with van der Waals surface area (Å²) in [5, 5.41) is 0. The lowest BCUT2D eigenvalue weighted by Crippen LogP contribution is -2.15. The van der Waals surface area contributed by atoms with E-state index in [4.69, 9.17) is 10.5 Å². The van der Waals surface area contributed by atoms with Gasteiger partial charge in [-0.2, -0.15) is 0 Å². The summed E-state index contributed by atoms with van der Waals surface area (Å²) in [6, 6.07) is 12.3. The van der Waals surface area contributed by atoms with Gasteiger partial charge in [0.2, 0.25) is 0 Å². The van der Waals surface area contributed by atoms with Crippen LogP contribution in [0, 0.1) is 0 Å². The Labute approximate surface area is 128 Å². The van der Waals surface area contributed by atoms with E-state index in [1.807, 2.05) is 31.2 Å². The number of aromatic nitrogens is 1. The summed E-state index contributed by atoms with van der Waals surface area (Å²) < 4.78 is 6.68. The maximum Gasteiger partial charge on any atom is 0.130 e. The first kappa shape index (κ1) is 15.0. The Morgan fingerprint density at radius 1 is 1.20 bits per heavy atom. The lowest BCUT2D eigenvalue weighted by molar-refractivity contribution is 0.301. The van der Waals surface area contributed by atoms with Crippen LogP contribution in [0.4, 0.5) is 0 Å². The smallest absolute Gasteiger partial charge is 0.130 e. The number of pyridine rings is 1. The van der Waals surface area contributed by atoms with Crippen molar-refractivity contribution < 1.29 is 4.74 Å². The van der Waals surface area contributed by atoms with Crippen LogP contribution in [0.25, 0.3) is 0 Å². The van der Waals surface area contributed by atoms with Gasteiger partial charge >= 0.3 is 0 Å². The van der Waals surface area contributed by atoms with Gasteiger partial charge in [0.05, 0.1) is 5.69 Å². The van der Waals surface area contributed by atoms with Crippen LogP contribution in [0.2, 0.25) is 0 Å². The van der Waals surface area contributed by atoms with Crippen LogP contribution < -0.4 is 10.5 Å². The zero-order valence-electron chi connectivity index (χ0n) is 11.6. The highest BCUT2D eigenvalue weighted by atomic mass is 79.9. The molecule has 2 aromatic rings. The van der Waals surface area contributed by atoms with Crippen molar-refractivity contribution in [3.8, 4) is 5.75 Å². The summed E-state index contributed by atoms with van der Waals surface area (Å²) in [6.07, 6.45) is 3.78. The van der Waals surface area contributed by atoms with Crippen molar-refractivity contribution in [2.24, 2.45) is 5.73 Å². The zero-order valence-corrected chi connectivity index (χ0v) is 13.1. The first-order valence-electron chi connectivity index (χ1n) is 6.71. The highest BCUT2D eigenvalue weighted by Crippen LogP contribution is 2.15. The van der Waals surface area contributed by atoms with E-state index in [0.717, 1.165) is 28.8 Å². The molecule has 0 bridgehead atoms. The molecular formula is C16H19BrN2O. The summed E-state index contributed by atoms with van der Waals surface area (Å²) >= 11 is 3.36. The van der Waals surface area contributed by atoms with Crippen LogP contribution in [-0.4, -0.2) is 11.0 Å². The molecular weight excluding hydrogens is 316 g/mol. The Balaban J connectivity index is 1.85. The van der Waals surface area contributed by atoms with Gasteiger partial charge < -0.3 is 10.5 Å². The SMILES string of the molecule is CC(N)CCc1ccc(OCc2ccc(Br)cn2)cc1. The van der Waals surface area contributed by atoms with E-state index in [-0.39, 0.29) is 6.04 Å². The molecule has 1 aromatic carbocycles. The highest BCUT2D eigenvalue weighted by Gasteiger charge is 2.00. The molecule has 0 radical (unpaired) electrons. The van der Waals surface area contributed by atoms with Gasteiger partial charge in [0, 0.05) is 16.7 Å². The first-order valence-corrected chi connectivity index (χ1v) is 7.50. The number of hydrogen-bond acceptors (Lipinski definition) is 3. The average Bonchev–Trinajstić information content (AvgIpc) is 2.45. The maximum absolute atomic E-state index is 5.76. The summed E-state index contributed by atoms with van der Waals surface area (Å²) in [5.41, 5.74) is 7.96. The average molecular weight is 335 g/mol. The summed E-state index contributed by atoms with van der Waals surface area (Å²) in [5.74, 6) is 0.860. The fraction of sp³-hybridized carbons (Fsp3) is 0.312. The molecule has 2 N–H and O–H groups in total. The largest absolute Gasteiger partial charge is 0.487 e. The molecule has 0 saturated heterocycles. The van der Waals surface area contributed by atoms with Crippen molar-refractivity contribution in [1.29, 1.82) is 0 Å². The maximum atomic E-state index is 5.76. The number of ether oxygens (including phenoxy) is 1. The van der Waals surface area contributed by atoms with E-state index in [9.17, 15) is 0 Å². The molecule has 106 valence electrons. The molecule has 1 aromatic heterocycles. The Morgan fingerprint density at radius 3 is 2.55 bits per heavy atom. The Morgan fingerprint density at radius 2 is 1.95 bits per heavy atom. The van der Waals surface area contributed by atoms with Gasteiger partial charge in [0.25, 0.3) is 0 Å². The van der Waals surface area contributed by atoms with E-state index < -0.39 is 0 Å². The van der Waals surface area contributed by atoms with Gasteiger partial charge in [-0.1, -0.05) is 12.1 Å². The molecule has 1 heterocycles. The van der Waals surface area contributed by atoms with Crippen LogP contribution in [0.3, 0.4) is 0 Å². The fourth-order valence-electron chi connectivity index (χ4n) is 1.80. The molecule has 0 saturated carbocycles. The van der Waals surface area contributed by atoms with E-state index in [2.05, 4.69) is 33.0 Å². The molecule has 0 aliphatic rings. The van der Waals surface area contributed by atoms with Gasteiger partial charge in [-0.25, -0.2) is 0 Å². The standard InChI is InChI=1S/C16H19BrN2O/c1-12(18)2-3-13-4-8-16(9-5-13)20-11-15-7-6-14(17)10-19-15/h4-10,12H,2-3,11,18H2,1H3. The van der Waals surface area contributed by atoms with Crippen LogP contribution in [-0.2, 0) is 13.0 Å². The summed E-state index contributed by atoms with van der Waals surface area (Å²) in [4.78, 5) is 4.27. The number of halogens is 1. The van der Waals surface area contributed by atoms with E-state index in [0.29, 0.717) is 6.61 Å². The number of hydrogen-bond donors (Lipinski definition) is 1. The minimum Gasteiger partial charge on any atom is -0.487 e. The van der Waals surface area contributed by atoms with Crippen LogP contribution in [0.1, 0.15) is 24.6 Å². The Hall–Kier alpha value is -1.39. The van der Waals surface area contributed by atoms with Crippen molar-refractivity contribution in [3.05, 3.63) is 58.3 Å². The molecule has 3 nitrogen and oxygen atoms in total.